The highest BCUT2D eigenvalue weighted by molar-refractivity contribution is 6.39. The Morgan fingerprint density at radius 1 is 0.909 bits per heavy atom. The number of primary amides is 1. The Morgan fingerprint density at radius 3 is 2.18 bits per heavy atom. The van der Waals surface area contributed by atoms with E-state index >= 15 is 0 Å². The summed E-state index contributed by atoms with van der Waals surface area (Å²) in [6, 6.07) is 20.4. The van der Waals surface area contributed by atoms with Gasteiger partial charge >= 0.3 is 11.8 Å². The molecule has 3 aromatic rings. The number of rotatable bonds is 7. The van der Waals surface area contributed by atoms with E-state index in [1.807, 2.05) is 18.2 Å². The lowest BCUT2D eigenvalue weighted by Crippen LogP contribution is -2.33. The highest BCUT2D eigenvalue weighted by atomic mass is 35.5. The lowest BCUT2D eigenvalue weighted by Gasteiger charge is -2.09. The number of nitrogens with one attached hydrogen (secondary N) is 2. The van der Waals surface area contributed by atoms with Crippen molar-refractivity contribution < 1.29 is 19.1 Å². The zero-order valence-electron chi connectivity index (χ0n) is 17.7. The predicted octanol–water partition coefficient (Wildman–Crippen LogP) is 3.50. The van der Waals surface area contributed by atoms with Gasteiger partial charge in [0.25, 0.3) is 0 Å². The maximum atomic E-state index is 12.0. The lowest BCUT2D eigenvalue weighted by molar-refractivity contribution is -0.136. The molecule has 0 fully saturated rings. The summed E-state index contributed by atoms with van der Waals surface area (Å²) in [5, 5.41) is 7.02. The molecule has 168 valence electrons. The standard InChI is InChI=1S/C24H21ClN4O4/c1-15(16-8-12-20(13-9-16)33-14-18-4-2-3-5-21(18)25)28-29-24(32)23(31)27-19-10-6-17(7-11-19)22(26)30/h2-13H,14H2,1H3,(H2,26,30)(H,27,31)(H,29,32). The molecule has 0 saturated heterocycles. The van der Waals surface area contributed by atoms with Crippen LogP contribution in [0.2, 0.25) is 5.02 Å². The Morgan fingerprint density at radius 2 is 1.55 bits per heavy atom. The zero-order chi connectivity index (χ0) is 23.8. The number of hydrogen-bond donors (Lipinski definition) is 3. The van der Waals surface area contributed by atoms with Crippen LogP contribution in [0.15, 0.2) is 77.9 Å². The van der Waals surface area contributed by atoms with E-state index in [2.05, 4.69) is 15.8 Å². The van der Waals surface area contributed by atoms with Gasteiger partial charge in [-0.05, 0) is 67.1 Å². The van der Waals surface area contributed by atoms with Crippen molar-refractivity contribution in [1.82, 2.24) is 5.43 Å². The average molecular weight is 465 g/mol. The quantitative estimate of drug-likeness (QED) is 0.281. The fourth-order valence-corrected chi connectivity index (χ4v) is 2.91. The van der Waals surface area contributed by atoms with Crippen molar-refractivity contribution in [2.75, 3.05) is 5.32 Å². The highest BCUT2D eigenvalue weighted by Crippen LogP contribution is 2.19. The summed E-state index contributed by atoms with van der Waals surface area (Å²) in [5.74, 6) is -1.78. The summed E-state index contributed by atoms with van der Waals surface area (Å²) < 4.78 is 5.74. The third-order valence-electron chi connectivity index (χ3n) is 4.58. The molecule has 0 unspecified atom stereocenters. The first-order chi connectivity index (χ1) is 15.8. The Balaban J connectivity index is 1.53. The van der Waals surface area contributed by atoms with Crippen molar-refractivity contribution in [3.63, 3.8) is 0 Å². The fourth-order valence-electron chi connectivity index (χ4n) is 2.72. The van der Waals surface area contributed by atoms with Crippen LogP contribution in [-0.4, -0.2) is 23.4 Å². The van der Waals surface area contributed by atoms with Crippen LogP contribution in [-0.2, 0) is 16.2 Å². The van der Waals surface area contributed by atoms with Crippen LogP contribution in [0.3, 0.4) is 0 Å². The van der Waals surface area contributed by atoms with Gasteiger partial charge in [-0.3, -0.25) is 14.4 Å². The molecule has 0 aromatic heterocycles. The molecule has 0 aliphatic carbocycles. The molecule has 3 amide bonds. The summed E-state index contributed by atoms with van der Waals surface area (Å²) in [5.41, 5.74) is 10.1. The second kappa shape index (κ2) is 10.9. The van der Waals surface area contributed by atoms with Crippen LogP contribution in [0.5, 0.6) is 5.75 Å². The van der Waals surface area contributed by atoms with Crippen LogP contribution in [0, 0.1) is 0 Å². The number of benzene rings is 3. The smallest absolute Gasteiger partial charge is 0.329 e. The largest absolute Gasteiger partial charge is 0.489 e. The van der Waals surface area contributed by atoms with Crippen molar-refractivity contribution in [2.24, 2.45) is 10.8 Å². The number of amides is 3. The van der Waals surface area contributed by atoms with Gasteiger partial charge in [0.15, 0.2) is 0 Å². The minimum Gasteiger partial charge on any atom is -0.489 e. The molecule has 0 aliphatic heterocycles. The maximum Gasteiger partial charge on any atom is 0.329 e. The van der Waals surface area contributed by atoms with Crippen LogP contribution in [0.25, 0.3) is 0 Å². The molecule has 4 N–H and O–H groups in total. The maximum absolute atomic E-state index is 12.0. The predicted molar refractivity (Wildman–Crippen MR) is 126 cm³/mol. The van der Waals surface area contributed by atoms with Crippen molar-refractivity contribution in [3.8, 4) is 5.75 Å². The number of anilines is 1. The summed E-state index contributed by atoms with van der Waals surface area (Å²) >= 11 is 6.13. The highest BCUT2D eigenvalue weighted by Gasteiger charge is 2.13. The van der Waals surface area contributed by atoms with Gasteiger partial charge in [-0.25, -0.2) is 5.43 Å². The molecule has 0 radical (unpaired) electrons. The molecule has 0 saturated carbocycles. The number of nitrogens with zero attached hydrogens (tertiary/aromatic N) is 1. The van der Waals surface area contributed by atoms with E-state index in [0.717, 1.165) is 11.1 Å². The molecule has 0 heterocycles. The second-order valence-electron chi connectivity index (χ2n) is 6.94. The Bertz CT molecular complexity index is 1190. The van der Waals surface area contributed by atoms with Gasteiger partial charge < -0.3 is 15.8 Å². The second-order valence-corrected chi connectivity index (χ2v) is 7.35. The third kappa shape index (κ3) is 6.65. The van der Waals surface area contributed by atoms with Crippen molar-refractivity contribution in [1.29, 1.82) is 0 Å². The number of halogens is 1. The average Bonchev–Trinajstić information content (AvgIpc) is 2.82. The van der Waals surface area contributed by atoms with Gasteiger partial charge in [0.2, 0.25) is 5.91 Å². The number of hydrazone groups is 1. The minimum atomic E-state index is -0.937. The fraction of sp³-hybridized carbons (Fsp3) is 0.0833. The van der Waals surface area contributed by atoms with E-state index < -0.39 is 17.7 Å². The van der Waals surface area contributed by atoms with E-state index in [1.165, 1.54) is 24.3 Å². The van der Waals surface area contributed by atoms with Crippen LogP contribution >= 0.6 is 11.6 Å². The van der Waals surface area contributed by atoms with Crippen LogP contribution in [0.1, 0.15) is 28.4 Å². The number of ether oxygens (including phenoxy) is 1. The molecule has 0 spiro atoms. The number of nitrogens with two attached hydrogens (primary N) is 1. The zero-order valence-corrected chi connectivity index (χ0v) is 18.4. The molecular weight excluding hydrogens is 444 g/mol. The molecule has 9 heteroatoms. The van der Waals surface area contributed by atoms with Gasteiger partial charge in [0.05, 0.1) is 5.71 Å². The third-order valence-corrected chi connectivity index (χ3v) is 4.95. The molecule has 0 aliphatic rings. The van der Waals surface area contributed by atoms with Gasteiger partial charge in [-0.1, -0.05) is 29.8 Å². The molecule has 8 nitrogen and oxygen atoms in total. The Hall–Kier alpha value is -4.17. The lowest BCUT2D eigenvalue weighted by atomic mass is 10.1. The van der Waals surface area contributed by atoms with E-state index in [1.54, 1.807) is 37.3 Å². The van der Waals surface area contributed by atoms with Crippen molar-refractivity contribution in [3.05, 3.63) is 94.5 Å². The summed E-state index contributed by atoms with van der Waals surface area (Å²) in [6.07, 6.45) is 0. The normalized spacial score (nSPS) is 10.9. The monoisotopic (exact) mass is 464 g/mol. The van der Waals surface area contributed by atoms with Crippen molar-refractivity contribution in [2.45, 2.75) is 13.5 Å². The summed E-state index contributed by atoms with van der Waals surface area (Å²) in [7, 11) is 0. The number of hydrogen-bond acceptors (Lipinski definition) is 5. The Labute approximate surface area is 195 Å². The Kier molecular flexibility index (Phi) is 7.77. The van der Waals surface area contributed by atoms with Gasteiger partial charge in [0.1, 0.15) is 12.4 Å². The van der Waals surface area contributed by atoms with Crippen LogP contribution in [0.4, 0.5) is 5.69 Å². The SMILES string of the molecule is CC(=NNC(=O)C(=O)Nc1ccc(C(N)=O)cc1)c1ccc(OCc2ccccc2Cl)cc1. The van der Waals surface area contributed by atoms with E-state index in [0.29, 0.717) is 28.8 Å². The first-order valence-electron chi connectivity index (χ1n) is 9.85. The number of carbonyl (C=O) groups is 3. The molecule has 3 aromatic carbocycles. The molecule has 3 rings (SSSR count). The summed E-state index contributed by atoms with van der Waals surface area (Å²) in [4.78, 5) is 35.1. The van der Waals surface area contributed by atoms with Gasteiger partial charge in [-0.2, -0.15) is 5.10 Å². The molecule has 0 atom stereocenters. The van der Waals surface area contributed by atoms with Crippen LogP contribution < -0.4 is 21.2 Å². The number of carbonyl (C=O) groups excluding carboxylic acids is 3. The van der Waals surface area contributed by atoms with Gasteiger partial charge in [0, 0.05) is 21.8 Å². The first kappa shape index (κ1) is 23.5. The minimum absolute atomic E-state index is 0.290. The molecule has 33 heavy (non-hydrogen) atoms. The van der Waals surface area contributed by atoms with Crippen molar-refractivity contribution >= 4 is 40.7 Å². The van der Waals surface area contributed by atoms with E-state index in [4.69, 9.17) is 22.1 Å². The topological polar surface area (TPSA) is 123 Å². The van der Waals surface area contributed by atoms with E-state index in [-0.39, 0.29) is 5.56 Å². The van der Waals surface area contributed by atoms with Gasteiger partial charge in [-0.15, -0.1) is 0 Å². The summed E-state index contributed by atoms with van der Waals surface area (Å²) in [6.45, 7) is 2.03. The molecule has 0 bridgehead atoms. The first-order valence-corrected chi connectivity index (χ1v) is 10.2. The van der Waals surface area contributed by atoms with E-state index in [9.17, 15) is 14.4 Å². The molecular formula is C24H21ClN4O4.